The highest BCUT2D eigenvalue weighted by molar-refractivity contribution is 5.95. The van der Waals surface area contributed by atoms with E-state index in [0.717, 1.165) is 17.8 Å². The monoisotopic (exact) mass is 769 g/mol. The van der Waals surface area contributed by atoms with Gasteiger partial charge in [-0.1, -0.05) is 138 Å². The number of anilines is 3. The SMILES string of the molecule is C=CC1=C(/C=C\C)C(C)(C)c2c1cccc2N(c1ccc2c(c1)C1(CCCCC1)c1ccccc1-2)c1ccc2c(c1)C1(c3ccccc3-2)C2CCC3CC(C2)CC1[C@H]3C. The smallest absolute Gasteiger partial charge is 0.0508 e. The summed E-state index contributed by atoms with van der Waals surface area (Å²) in [5, 5.41) is 0. The minimum atomic E-state index is -0.208. The first-order chi connectivity index (χ1) is 28.8. The summed E-state index contributed by atoms with van der Waals surface area (Å²) in [4.78, 5) is 2.70. The molecule has 5 aromatic carbocycles. The van der Waals surface area contributed by atoms with Gasteiger partial charge in [0.1, 0.15) is 0 Å². The minimum absolute atomic E-state index is 0.0684. The lowest BCUT2D eigenvalue weighted by Gasteiger charge is -2.55. The van der Waals surface area contributed by atoms with Crippen molar-refractivity contribution in [1.82, 2.24) is 0 Å². The standard InChI is InChI=1S/C58H59N/c1-6-16-48-42(7-2)47-19-15-22-54(55(47)56(48,4)5)59(40-25-27-45-43-17-9-11-20-49(43)57(52(45)34-40)29-13-8-14-30-57)41-26-28-46-44-18-10-12-21-50(44)58(53(46)35-41)39-24-23-38-31-37(32-39)33-51(58)36(38)3/h6-7,9-12,15-22,25-28,34-39,51H,2,8,13-14,23-24,29-33H2,1,3-5H3/b16-6-/t36-,37?,38?,39?,51?,58?/m0/s1. The van der Waals surface area contributed by atoms with Crippen molar-refractivity contribution in [2.45, 2.75) is 108 Å². The molecule has 0 heterocycles. The number of rotatable bonds is 5. The number of benzene rings is 5. The van der Waals surface area contributed by atoms with Crippen molar-refractivity contribution in [1.29, 1.82) is 0 Å². The molecule has 5 unspecified atom stereocenters. The van der Waals surface area contributed by atoms with Crippen molar-refractivity contribution in [3.05, 3.63) is 167 Å². The summed E-state index contributed by atoms with van der Waals surface area (Å²) in [5.74, 6) is 3.89. The Kier molecular flexibility index (Phi) is 7.82. The molecule has 8 aliphatic carbocycles. The lowest BCUT2D eigenvalue weighted by atomic mass is 9.48. The number of hydrogen-bond donors (Lipinski definition) is 0. The van der Waals surface area contributed by atoms with Crippen LogP contribution in [0.25, 0.3) is 27.8 Å². The summed E-state index contributed by atoms with van der Waals surface area (Å²) in [7, 11) is 0. The van der Waals surface area contributed by atoms with E-state index in [2.05, 4.69) is 161 Å². The summed E-state index contributed by atoms with van der Waals surface area (Å²) in [6.07, 6.45) is 20.0. The highest BCUT2D eigenvalue weighted by Crippen LogP contribution is 2.69. The van der Waals surface area contributed by atoms with E-state index in [1.54, 1.807) is 22.3 Å². The Morgan fingerprint density at radius 1 is 0.661 bits per heavy atom. The van der Waals surface area contributed by atoms with E-state index in [1.165, 1.54) is 126 Å². The van der Waals surface area contributed by atoms with Crippen LogP contribution in [-0.4, -0.2) is 0 Å². The maximum absolute atomic E-state index is 4.39. The molecule has 6 atom stereocenters. The molecule has 59 heavy (non-hydrogen) atoms. The van der Waals surface area contributed by atoms with Gasteiger partial charge in [-0.2, -0.15) is 0 Å². The van der Waals surface area contributed by atoms with E-state index in [-0.39, 0.29) is 16.2 Å². The molecule has 0 amide bonds. The second kappa shape index (κ2) is 12.8. The Morgan fingerprint density at radius 2 is 1.32 bits per heavy atom. The molecule has 5 aromatic rings. The Morgan fingerprint density at radius 3 is 2.07 bits per heavy atom. The highest BCUT2D eigenvalue weighted by atomic mass is 15.1. The fourth-order valence-electron chi connectivity index (χ4n) is 15.4. The van der Waals surface area contributed by atoms with Gasteiger partial charge in [0.05, 0.1) is 5.69 Å². The average molecular weight is 770 g/mol. The molecule has 0 aromatic heterocycles. The molecule has 296 valence electrons. The van der Waals surface area contributed by atoms with Crippen molar-refractivity contribution in [2.24, 2.45) is 29.6 Å². The van der Waals surface area contributed by atoms with E-state index in [0.29, 0.717) is 11.8 Å². The lowest BCUT2D eigenvalue weighted by Crippen LogP contribution is -2.51. The molecule has 0 radical (unpaired) electrons. The Balaban J connectivity index is 1.12. The predicted octanol–water partition coefficient (Wildman–Crippen LogP) is 15.6. The van der Waals surface area contributed by atoms with E-state index in [4.69, 9.17) is 0 Å². The maximum atomic E-state index is 4.39. The molecule has 1 heteroatoms. The molecule has 8 aliphatic rings. The summed E-state index contributed by atoms with van der Waals surface area (Å²) in [6, 6.07) is 41.4. The van der Waals surface area contributed by atoms with Gasteiger partial charge in [-0.05, 0) is 179 Å². The largest absolute Gasteiger partial charge is 0.310 e. The normalized spacial score (nSPS) is 28.4. The number of hydrogen-bond acceptors (Lipinski definition) is 1. The molecule has 0 saturated heterocycles. The van der Waals surface area contributed by atoms with Crippen molar-refractivity contribution < 1.29 is 0 Å². The van der Waals surface area contributed by atoms with Gasteiger partial charge in [0, 0.05) is 27.6 Å². The molecule has 1 nitrogen and oxygen atoms in total. The quantitative estimate of drug-likeness (QED) is 0.172. The van der Waals surface area contributed by atoms with Gasteiger partial charge in [-0.15, -0.1) is 0 Å². The maximum Gasteiger partial charge on any atom is 0.0508 e. The molecular formula is C58H59N. The van der Waals surface area contributed by atoms with Crippen LogP contribution in [0.15, 0.2) is 134 Å². The molecule has 5 saturated carbocycles. The van der Waals surface area contributed by atoms with Crippen LogP contribution >= 0.6 is 0 Å². The first kappa shape index (κ1) is 36.0. The van der Waals surface area contributed by atoms with Crippen molar-refractivity contribution in [2.75, 3.05) is 4.90 Å². The molecule has 0 aliphatic heterocycles. The second-order valence-corrected chi connectivity index (χ2v) is 20.3. The van der Waals surface area contributed by atoms with E-state index in [9.17, 15) is 0 Å². The predicted molar refractivity (Wildman–Crippen MR) is 248 cm³/mol. The van der Waals surface area contributed by atoms with Gasteiger partial charge >= 0.3 is 0 Å². The van der Waals surface area contributed by atoms with Crippen LogP contribution in [0.3, 0.4) is 0 Å². The fourth-order valence-corrected chi connectivity index (χ4v) is 15.4. The van der Waals surface area contributed by atoms with E-state index in [1.807, 2.05) is 0 Å². The van der Waals surface area contributed by atoms with E-state index >= 15 is 0 Å². The van der Waals surface area contributed by atoms with Gasteiger partial charge in [-0.25, -0.2) is 0 Å². The van der Waals surface area contributed by atoms with Crippen molar-refractivity contribution in [3.8, 4) is 22.3 Å². The third-order valence-corrected chi connectivity index (χ3v) is 17.6. The van der Waals surface area contributed by atoms with Gasteiger partial charge in [-0.3, -0.25) is 0 Å². The first-order valence-corrected chi connectivity index (χ1v) is 23.2. The van der Waals surface area contributed by atoms with Crippen LogP contribution in [-0.2, 0) is 16.2 Å². The lowest BCUT2D eigenvalue weighted by molar-refractivity contribution is 0.0174. The zero-order valence-electron chi connectivity index (χ0n) is 35.7. The topological polar surface area (TPSA) is 3.24 Å². The van der Waals surface area contributed by atoms with Crippen molar-refractivity contribution >= 4 is 22.6 Å². The molecular weight excluding hydrogens is 711 g/mol. The molecule has 4 bridgehead atoms. The molecule has 0 N–H and O–H groups in total. The summed E-state index contributed by atoms with van der Waals surface area (Å²) in [6.45, 7) is 14.0. The zero-order valence-corrected chi connectivity index (χ0v) is 35.7. The number of allylic oxidation sites excluding steroid dienone is 5. The Hall–Kier alpha value is -4.88. The Labute approximate surface area is 353 Å². The number of fused-ring (bicyclic) bond motifs is 10. The van der Waals surface area contributed by atoms with Gasteiger partial charge in [0.2, 0.25) is 0 Å². The third-order valence-electron chi connectivity index (χ3n) is 17.6. The molecule has 13 rings (SSSR count). The average Bonchev–Trinajstić information content (AvgIpc) is 3.70. The number of nitrogens with zero attached hydrogens (tertiary/aromatic N) is 1. The van der Waals surface area contributed by atoms with Crippen LogP contribution in [0.4, 0.5) is 17.1 Å². The first-order valence-electron chi connectivity index (χ1n) is 23.2. The summed E-state index contributed by atoms with van der Waals surface area (Å²) < 4.78 is 0. The van der Waals surface area contributed by atoms with Gasteiger partial charge in [0.25, 0.3) is 0 Å². The van der Waals surface area contributed by atoms with E-state index < -0.39 is 0 Å². The van der Waals surface area contributed by atoms with Gasteiger partial charge < -0.3 is 4.90 Å². The fraction of sp³-hybridized carbons (Fsp3) is 0.379. The second-order valence-electron chi connectivity index (χ2n) is 20.3. The Bertz CT molecular complexity index is 2640. The molecule has 2 spiro atoms. The van der Waals surface area contributed by atoms with Crippen LogP contribution in [0, 0.1) is 29.6 Å². The highest BCUT2D eigenvalue weighted by Gasteiger charge is 2.62. The van der Waals surface area contributed by atoms with Gasteiger partial charge in [0.15, 0.2) is 0 Å². The van der Waals surface area contributed by atoms with Crippen LogP contribution in [0.2, 0.25) is 0 Å². The van der Waals surface area contributed by atoms with Crippen molar-refractivity contribution in [3.63, 3.8) is 0 Å². The molecule has 5 fully saturated rings. The van der Waals surface area contributed by atoms with Crippen LogP contribution in [0.5, 0.6) is 0 Å². The summed E-state index contributed by atoms with van der Waals surface area (Å²) in [5.41, 5.74) is 21.4. The van der Waals surface area contributed by atoms with Crippen LogP contribution in [0.1, 0.15) is 125 Å². The zero-order chi connectivity index (χ0) is 39.8. The summed E-state index contributed by atoms with van der Waals surface area (Å²) >= 11 is 0. The minimum Gasteiger partial charge on any atom is -0.310 e. The van der Waals surface area contributed by atoms with Crippen LogP contribution < -0.4 is 4.90 Å². The third kappa shape index (κ3) is 4.63.